The zero-order valence-electron chi connectivity index (χ0n) is 12.6. The lowest BCUT2D eigenvalue weighted by Gasteiger charge is -2.23. The van der Waals surface area contributed by atoms with E-state index in [4.69, 9.17) is 0 Å². The molecule has 1 aromatic heterocycles. The summed E-state index contributed by atoms with van der Waals surface area (Å²) in [7, 11) is 0. The van der Waals surface area contributed by atoms with Crippen LogP contribution < -0.4 is 5.32 Å². The van der Waals surface area contributed by atoms with Crippen molar-refractivity contribution in [2.24, 2.45) is 5.92 Å². The van der Waals surface area contributed by atoms with Crippen LogP contribution in [0.4, 0.5) is 4.79 Å². The molecule has 0 aliphatic heterocycles. The SMILES string of the molecule is CC(C)CCN(C(=O)NCCCn1cccn1)C1CC1. The van der Waals surface area contributed by atoms with Crippen molar-refractivity contribution < 1.29 is 4.79 Å². The van der Waals surface area contributed by atoms with Crippen LogP contribution in [0.5, 0.6) is 0 Å². The maximum Gasteiger partial charge on any atom is 0.317 e. The third-order valence-corrected chi connectivity index (χ3v) is 3.60. The first-order valence-electron chi connectivity index (χ1n) is 7.68. The second kappa shape index (κ2) is 7.31. The van der Waals surface area contributed by atoms with E-state index < -0.39 is 0 Å². The molecule has 5 heteroatoms. The molecule has 1 heterocycles. The Morgan fingerprint density at radius 2 is 2.30 bits per heavy atom. The molecule has 1 fully saturated rings. The van der Waals surface area contributed by atoms with Crippen LogP contribution in [0.2, 0.25) is 0 Å². The maximum absolute atomic E-state index is 12.2. The Bertz CT molecular complexity index is 398. The van der Waals surface area contributed by atoms with Gasteiger partial charge in [-0.1, -0.05) is 13.8 Å². The number of urea groups is 1. The van der Waals surface area contributed by atoms with Crippen LogP contribution in [0.3, 0.4) is 0 Å². The fourth-order valence-corrected chi connectivity index (χ4v) is 2.20. The number of rotatable bonds is 8. The van der Waals surface area contributed by atoms with E-state index in [0.29, 0.717) is 18.5 Å². The molecule has 0 atom stereocenters. The Kier molecular flexibility index (Phi) is 5.44. The van der Waals surface area contributed by atoms with Crippen LogP contribution in [0.15, 0.2) is 18.5 Å². The molecule has 1 aliphatic rings. The first-order valence-corrected chi connectivity index (χ1v) is 7.68. The molecule has 2 amide bonds. The van der Waals surface area contributed by atoms with E-state index in [0.717, 1.165) is 25.9 Å². The van der Waals surface area contributed by atoms with Crippen molar-refractivity contribution in [1.29, 1.82) is 0 Å². The summed E-state index contributed by atoms with van der Waals surface area (Å²) >= 11 is 0. The highest BCUT2D eigenvalue weighted by Crippen LogP contribution is 2.27. The normalized spacial score (nSPS) is 14.6. The zero-order chi connectivity index (χ0) is 14.4. The molecule has 0 saturated heterocycles. The van der Waals surface area contributed by atoms with Crippen LogP contribution in [0, 0.1) is 5.92 Å². The molecule has 0 radical (unpaired) electrons. The zero-order valence-corrected chi connectivity index (χ0v) is 12.6. The highest BCUT2D eigenvalue weighted by Gasteiger charge is 2.32. The summed E-state index contributed by atoms with van der Waals surface area (Å²) in [6, 6.07) is 2.51. The van der Waals surface area contributed by atoms with Crippen molar-refractivity contribution >= 4 is 6.03 Å². The van der Waals surface area contributed by atoms with E-state index in [1.807, 2.05) is 21.8 Å². The van der Waals surface area contributed by atoms with Gasteiger partial charge in [0.05, 0.1) is 0 Å². The number of nitrogens with one attached hydrogen (secondary N) is 1. The van der Waals surface area contributed by atoms with Gasteiger partial charge in [0.2, 0.25) is 0 Å². The number of carbonyl (C=O) groups is 1. The summed E-state index contributed by atoms with van der Waals surface area (Å²) < 4.78 is 1.89. The van der Waals surface area contributed by atoms with Crippen molar-refractivity contribution in [3.8, 4) is 0 Å². The fraction of sp³-hybridized carbons (Fsp3) is 0.733. The summed E-state index contributed by atoms with van der Waals surface area (Å²) in [5, 5.41) is 7.18. The van der Waals surface area contributed by atoms with E-state index in [9.17, 15) is 4.79 Å². The fourth-order valence-electron chi connectivity index (χ4n) is 2.20. The van der Waals surface area contributed by atoms with Crippen molar-refractivity contribution in [2.75, 3.05) is 13.1 Å². The highest BCUT2D eigenvalue weighted by atomic mass is 16.2. The minimum atomic E-state index is 0.105. The Morgan fingerprint density at radius 3 is 2.90 bits per heavy atom. The van der Waals surface area contributed by atoms with E-state index >= 15 is 0 Å². The van der Waals surface area contributed by atoms with Crippen LogP contribution >= 0.6 is 0 Å². The first kappa shape index (κ1) is 14.9. The van der Waals surface area contributed by atoms with Gasteiger partial charge in [0.25, 0.3) is 0 Å². The number of nitrogens with zero attached hydrogens (tertiary/aromatic N) is 3. The standard InChI is InChI=1S/C15H26N4O/c1-13(2)7-12-19(14-5-6-14)15(20)16-8-3-10-18-11-4-9-17-18/h4,9,11,13-14H,3,5-8,10,12H2,1-2H3,(H,16,20). The van der Waals surface area contributed by atoms with E-state index in [-0.39, 0.29) is 6.03 Å². The minimum Gasteiger partial charge on any atom is -0.338 e. The number of hydrogen-bond acceptors (Lipinski definition) is 2. The quantitative estimate of drug-likeness (QED) is 0.743. The van der Waals surface area contributed by atoms with Gasteiger partial charge in [-0.25, -0.2) is 4.79 Å². The summed E-state index contributed by atoms with van der Waals surface area (Å²) in [6.45, 7) is 6.85. The summed E-state index contributed by atoms with van der Waals surface area (Å²) in [6.07, 6.45) is 8.05. The van der Waals surface area contributed by atoms with Crippen molar-refractivity contribution in [3.63, 3.8) is 0 Å². The van der Waals surface area contributed by atoms with Crippen LogP contribution in [-0.4, -0.2) is 39.8 Å². The minimum absolute atomic E-state index is 0.105. The number of amides is 2. The number of hydrogen-bond donors (Lipinski definition) is 1. The average Bonchev–Trinajstić information content (AvgIpc) is 3.11. The first-order chi connectivity index (χ1) is 9.66. The number of aromatic nitrogens is 2. The lowest BCUT2D eigenvalue weighted by molar-refractivity contribution is 0.191. The second-order valence-electron chi connectivity index (χ2n) is 5.96. The van der Waals surface area contributed by atoms with Crippen LogP contribution in [-0.2, 0) is 6.54 Å². The number of aryl methyl sites for hydroxylation is 1. The average molecular weight is 278 g/mol. The molecule has 1 saturated carbocycles. The number of carbonyl (C=O) groups excluding carboxylic acids is 1. The molecule has 5 nitrogen and oxygen atoms in total. The van der Waals surface area contributed by atoms with Crippen molar-refractivity contribution in [3.05, 3.63) is 18.5 Å². The lowest BCUT2D eigenvalue weighted by atomic mass is 10.1. The molecule has 1 aliphatic carbocycles. The summed E-state index contributed by atoms with van der Waals surface area (Å²) in [5.41, 5.74) is 0. The molecule has 20 heavy (non-hydrogen) atoms. The van der Waals surface area contributed by atoms with Gasteiger partial charge in [-0.3, -0.25) is 4.68 Å². The molecule has 0 bridgehead atoms. The Labute approximate surface area is 121 Å². The van der Waals surface area contributed by atoms with Gasteiger partial charge >= 0.3 is 6.03 Å². The smallest absolute Gasteiger partial charge is 0.317 e. The largest absolute Gasteiger partial charge is 0.338 e. The van der Waals surface area contributed by atoms with Gasteiger partial charge in [-0.05, 0) is 37.7 Å². The predicted molar refractivity (Wildman–Crippen MR) is 79.4 cm³/mol. The third-order valence-electron chi connectivity index (χ3n) is 3.60. The van der Waals surface area contributed by atoms with E-state index in [1.54, 1.807) is 6.20 Å². The van der Waals surface area contributed by atoms with Crippen molar-refractivity contribution in [2.45, 2.75) is 52.1 Å². The Balaban J connectivity index is 1.66. The van der Waals surface area contributed by atoms with Gasteiger partial charge in [-0.2, -0.15) is 5.10 Å². The molecular weight excluding hydrogens is 252 g/mol. The Morgan fingerprint density at radius 1 is 1.50 bits per heavy atom. The molecule has 112 valence electrons. The van der Waals surface area contributed by atoms with Gasteiger partial charge < -0.3 is 10.2 Å². The maximum atomic E-state index is 12.2. The lowest BCUT2D eigenvalue weighted by Crippen LogP contribution is -2.42. The van der Waals surface area contributed by atoms with Crippen molar-refractivity contribution in [1.82, 2.24) is 20.0 Å². The molecule has 0 aromatic carbocycles. The van der Waals surface area contributed by atoms with Gasteiger partial charge in [0.15, 0.2) is 0 Å². The van der Waals surface area contributed by atoms with Gasteiger partial charge in [-0.15, -0.1) is 0 Å². The van der Waals surface area contributed by atoms with Gasteiger partial charge in [0, 0.05) is 38.1 Å². The Hall–Kier alpha value is -1.52. The predicted octanol–water partition coefficient (Wildman–Crippen LogP) is 2.49. The third kappa shape index (κ3) is 4.87. The monoisotopic (exact) mass is 278 g/mol. The summed E-state index contributed by atoms with van der Waals surface area (Å²) in [5.74, 6) is 0.642. The van der Waals surface area contributed by atoms with E-state index in [1.165, 1.54) is 12.8 Å². The summed E-state index contributed by atoms with van der Waals surface area (Å²) in [4.78, 5) is 14.2. The molecule has 2 rings (SSSR count). The molecule has 0 spiro atoms. The topological polar surface area (TPSA) is 50.2 Å². The second-order valence-corrected chi connectivity index (χ2v) is 5.96. The molecule has 0 unspecified atom stereocenters. The van der Waals surface area contributed by atoms with Crippen LogP contribution in [0.25, 0.3) is 0 Å². The van der Waals surface area contributed by atoms with Gasteiger partial charge in [0.1, 0.15) is 0 Å². The van der Waals surface area contributed by atoms with E-state index in [2.05, 4.69) is 24.3 Å². The molecule has 1 aromatic rings. The molecular formula is C15H26N4O. The highest BCUT2D eigenvalue weighted by molar-refractivity contribution is 5.74. The molecule has 1 N–H and O–H groups in total. The van der Waals surface area contributed by atoms with Crippen LogP contribution in [0.1, 0.15) is 39.5 Å².